The third kappa shape index (κ3) is 2.77. The molecule has 4 heteroatoms. The van der Waals surface area contributed by atoms with Crippen LogP contribution in [0.25, 0.3) is 0 Å². The molecule has 0 spiro atoms. The first-order valence-electron chi connectivity index (χ1n) is 5.95. The Balaban J connectivity index is 2.14. The third-order valence-electron chi connectivity index (χ3n) is 3.23. The smallest absolute Gasteiger partial charge is 0.337 e. The maximum absolute atomic E-state index is 11.0. The van der Waals surface area contributed by atoms with Crippen molar-refractivity contribution in [2.45, 2.75) is 37.8 Å². The Hall–Kier alpha value is -1.55. The Morgan fingerprint density at radius 1 is 1.24 bits per heavy atom. The van der Waals surface area contributed by atoms with Crippen LogP contribution < -0.4 is 5.32 Å². The van der Waals surface area contributed by atoms with Crippen molar-refractivity contribution in [1.29, 1.82) is 0 Å². The summed E-state index contributed by atoms with van der Waals surface area (Å²) in [5.74, 6) is -0.946. The Bertz CT molecular complexity index is 405. The maximum atomic E-state index is 11.0. The molecular weight excluding hydrogens is 218 g/mol. The van der Waals surface area contributed by atoms with Gasteiger partial charge in [0.2, 0.25) is 0 Å². The average Bonchev–Trinajstić information content (AvgIpc) is 2.32. The van der Waals surface area contributed by atoms with Crippen molar-refractivity contribution in [3.8, 4) is 0 Å². The lowest BCUT2D eigenvalue weighted by Crippen LogP contribution is -2.36. The van der Waals surface area contributed by atoms with Gasteiger partial charge in [0, 0.05) is 5.69 Å². The van der Waals surface area contributed by atoms with Gasteiger partial charge in [-0.1, -0.05) is 25.0 Å². The third-order valence-corrected chi connectivity index (χ3v) is 3.23. The van der Waals surface area contributed by atoms with Crippen LogP contribution in [-0.4, -0.2) is 28.3 Å². The number of para-hydroxylation sites is 1. The number of carboxylic acid groups (broad SMARTS) is 1. The molecule has 0 amide bonds. The van der Waals surface area contributed by atoms with E-state index in [4.69, 9.17) is 5.11 Å². The van der Waals surface area contributed by atoms with E-state index in [1.54, 1.807) is 24.3 Å². The zero-order valence-corrected chi connectivity index (χ0v) is 9.60. The molecule has 3 N–H and O–H groups in total. The molecule has 2 atom stereocenters. The van der Waals surface area contributed by atoms with Gasteiger partial charge in [-0.25, -0.2) is 4.79 Å². The van der Waals surface area contributed by atoms with Crippen LogP contribution in [0.1, 0.15) is 36.0 Å². The van der Waals surface area contributed by atoms with Crippen molar-refractivity contribution in [2.75, 3.05) is 5.32 Å². The number of anilines is 1. The molecule has 1 aliphatic carbocycles. The molecule has 2 rings (SSSR count). The van der Waals surface area contributed by atoms with Gasteiger partial charge in [-0.05, 0) is 25.0 Å². The van der Waals surface area contributed by atoms with Gasteiger partial charge in [-0.3, -0.25) is 0 Å². The average molecular weight is 235 g/mol. The zero-order valence-electron chi connectivity index (χ0n) is 9.60. The van der Waals surface area contributed by atoms with Crippen molar-refractivity contribution in [2.24, 2.45) is 0 Å². The van der Waals surface area contributed by atoms with Crippen LogP contribution in [0.3, 0.4) is 0 Å². The van der Waals surface area contributed by atoms with Gasteiger partial charge in [0.1, 0.15) is 0 Å². The number of aromatic carboxylic acids is 1. The van der Waals surface area contributed by atoms with Gasteiger partial charge in [0.05, 0.1) is 17.7 Å². The lowest BCUT2D eigenvalue weighted by atomic mass is 9.92. The number of carbonyl (C=O) groups is 1. The highest BCUT2D eigenvalue weighted by Crippen LogP contribution is 2.24. The minimum Gasteiger partial charge on any atom is -0.478 e. The van der Waals surface area contributed by atoms with Gasteiger partial charge in [0.25, 0.3) is 0 Å². The van der Waals surface area contributed by atoms with Crippen molar-refractivity contribution in [3.63, 3.8) is 0 Å². The zero-order chi connectivity index (χ0) is 12.3. The van der Waals surface area contributed by atoms with E-state index in [1.807, 2.05) is 0 Å². The molecule has 1 saturated carbocycles. The summed E-state index contributed by atoms with van der Waals surface area (Å²) in [6, 6.07) is 6.77. The van der Waals surface area contributed by atoms with Gasteiger partial charge in [-0.15, -0.1) is 0 Å². The summed E-state index contributed by atoms with van der Waals surface area (Å²) in [7, 11) is 0. The van der Waals surface area contributed by atoms with Crippen molar-refractivity contribution in [3.05, 3.63) is 29.8 Å². The second-order valence-electron chi connectivity index (χ2n) is 4.45. The first-order valence-corrected chi connectivity index (χ1v) is 5.95. The molecule has 0 unspecified atom stereocenters. The molecule has 0 aromatic heterocycles. The van der Waals surface area contributed by atoms with Crippen molar-refractivity contribution in [1.82, 2.24) is 0 Å². The normalized spacial score (nSPS) is 24.3. The molecular formula is C13H17NO3. The number of aliphatic hydroxyl groups is 1. The van der Waals surface area contributed by atoms with E-state index in [9.17, 15) is 9.90 Å². The van der Waals surface area contributed by atoms with E-state index in [0.29, 0.717) is 5.69 Å². The summed E-state index contributed by atoms with van der Waals surface area (Å²) < 4.78 is 0. The van der Waals surface area contributed by atoms with Crippen molar-refractivity contribution < 1.29 is 15.0 Å². The summed E-state index contributed by atoms with van der Waals surface area (Å²) in [5.41, 5.74) is 0.844. The summed E-state index contributed by atoms with van der Waals surface area (Å²) in [6.45, 7) is 0. The Morgan fingerprint density at radius 3 is 2.65 bits per heavy atom. The number of rotatable bonds is 3. The van der Waals surface area contributed by atoms with Gasteiger partial charge in [0.15, 0.2) is 0 Å². The molecule has 92 valence electrons. The summed E-state index contributed by atoms with van der Waals surface area (Å²) >= 11 is 0. The molecule has 1 fully saturated rings. The Morgan fingerprint density at radius 2 is 1.94 bits per heavy atom. The number of carboxylic acids is 1. The molecule has 0 bridgehead atoms. The van der Waals surface area contributed by atoms with Gasteiger partial charge >= 0.3 is 5.97 Å². The van der Waals surface area contributed by atoms with Crippen LogP contribution in [-0.2, 0) is 0 Å². The monoisotopic (exact) mass is 235 g/mol. The fraction of sp³-hybridized carbons (Fsp3) is 0.462. The standard InChI is InChI=1S/C13H17NO3/c15-12-8-4-3-7-11(12)14-10-6-2-1-5-9(10)13(16)17/h1-2,5-6,11-12,14-15H,3-4,7-8H2,(H,16,17)/t11-,12-/m1/s1. The van der Waals surface area contributed by atoms with E-state index < -0.39 is 5.97 Å². The quantitative estimate of drug-likeness (QED) is 0.750. The number of nitrogens with one attached hydrogen (secondary N) is 1. The van der Waals surface area contributed by atoms with Crippen molar-refractivity contribution >= 4 is 11.7 Å². The predicted octanol–water partition coefficient (Wildman–Crippen LogP) is 2.10. The molecule has 1 aromatic carbocycles. The number of hydrogen-bond acceptors (Lipinski definition) is 3. The minimum absolute atomic E-state index is 0.0377. The van der Waals surface area contributed by atoms with Crippen LogP contribution in [0, 0.1) is 0 Å². The van der Waals surface area contributed by atoms with E-state index in [0.717, 1.165) is 25.7 Å². The number of benzene rings is 1. The molecule has 0 saturated heterocycles. The van der Waals surface area contributed by atoms with Gasteiger partial charge in [-0.2, -0.15) is 0 Å². The lowest BCUT2D eigenvalue weighted by Gasteiger charge is -2.29. The topological polar surface area (TPSA) is 69.6 Å². The molecule has 17 heavy (non-hydrogen) atoms. The second-order valence-corrected chi connectivity index (χ2v) is 4.45. The molecule has 0 heterocycles. The largest absolute Gasteiger partial charge is 0.478 e. The molecule has 1 aliphatic rings. The number of aliphatic hydroxyl groups excluding tert-OH is 1. The first-order chi connectivity index (χ1) is 8.18. The van der Waals surface area contributed by atoms with Crippen LogP contribution in [0.2, 0.25) is 0 Å². The maximum Gasteiger partial charge on any atom is 0.337 e. The summed E-state index contributed by atoms with van der Waals surface area (Å²) in [6.07, 6.45) is 3.40. The first kappa shape index (κ1) is 11.9. The highest BCUT2D eigenvalue weighted by atomic mass is 16.4. The summed E-state index contributed by atoms with van der Waals surface area (Å²) in [5, 5.41) is 22.1. The second kappa shape index (κ2) is 5.19. The van der Waals surface area contributed by atoms with E-state index >= 15 is 0 Å². The van der Waals surface area contributed by atoms with Crippen LogP contribution in [0.5, 0.6) is 0 Å². The minimum atomic E-state index is -0.946. The fourth-order valence-corrected chi connectivity index (χ4v) is 2.27. The Labute approximate surface area is 100 Å². The van der Waals surface area contributed by atoms with Gasteiger partial charge < -0.3 is 15.5 Å². The molecule has 1 aromatic rings. The molecule has 0 radical (unpaired) electrons. The highest BCUT2D eigenvalue weighted by Gasteiger charge is 2.23. The highest BCUT2D eigenvalue weighted by molar-refractivity contribution is 5.94. The fourth-order valence-electron chi connectivity index (χ4n) is 2.27. The summed E-state index contributed by atoms with van der Waals surface area (Å²) in [4.78, 5) is 11.0. The Kier molecular flexibility index (Phi) is 3.64. The molecule has 0 aliphatic heterocycles. The van der Waals surface area contributed by atoms with E-state index in [2.05, 4.69) is 5.32 Å². The lowest BCUT2D eigenvalue weighted by molar-refractivity contribution is 0.0697. The van der Waals surface area contributed by atoms with E-state index in [1.165, 1.54) is 0 Å². The van der Waals surface area contributed by atoms with E-state index in [-0.39, 0.29) is 17.7 Å². The number of hydrogen-bond donors (Lipinski definition) is 3. The van der Waals surface area contributed by atoms with Crippen LogP contribution in [0.15, 0.2) is 24.3 Å². The molecule has 4 nitrogen and oxygen atoms in total. The van der Waals surface area contributed by atoms with Crippen LogP contribution >= 0.6 is 0 Å². The predicted molar refractivity (Wildman–Crippen MR) is 65.3 cm³/mol. The van der Waals surface area contributed by atoms with Crippen LogP contribution in [0.4, 0.5) is 5.69 Å². The SMILES string of the molecule is O=C(O)c1ccccc1N[C@@H]1CCCC[C@H]1O.